The highest BCUT2D eigenvalue weighted by atomic mass is 16.5. The molecule has 1 aromatic carbocycles. The number of nitrogens with zero attached hydrogens (tertiary/aromatic N) is 4. The highest BCUT2D eigenvalue weighted by Crippen LogP contribution is 2.25. The van der Waals surface area contributed by atoms with Crippen LogP contribution >= 0.6 is 0 Å². The normalized spacial score (nSPS) is 20.3. The summed E-state index contributed by atoms with van der Waals surface area (Å²) < 4.78 is 5.29. The van der Waals surface area contributed by atoms with Gasteiger partial charge in [0.2, 0.25) is 0 Å². The van der Waals surface area contributed by atoms with Crippen molar-refractivity contribution in [3.63, 3.8) is 0 Å². The number of amidine groups is 1. The standard InChI is InChI=1S/C17H22N6O/c1-21-10-23(9-15-16(21)20-17(18)22(15)2)8-12-6-11-7-13(24-3)4-5-14(11)19-12/h4-7,9,17,19H,8,10,18H2,1-3H3. The molecule has 7 heteroatoms. The number of fused-ring (bicyclic) bond motifs is 2. The average Bonchev–Trinajstić information content (AvgIpc) is 3.09. The maximum atomic E-state index is 6.01. The van der Waals surface area contributed by atoms with E-state index in [9.17, 15) is 0 Å². The molecule has 1 aromatic heterocycles. The lowest BCUT2D eigenvalue weighted by Gasteiger charge is -2.34. The van der Waals surface area contributed by atoms with E-state index in [0.717, 1.165) is 47.1 Å². The van der Waals surface area contributed by atoms with E-state index in [2.05, 4.69) is 32.0 Å². The molecule has 0 saturated heterocycles. The summed E-state index contributed by atoms with van der Waals surface area (Å²) in [5, 5.41) is 1.16. The van der Waals surface area contributed by atoms with Crippen LogP contribution in [0.15, 0.2) is 41.2 Å². The first-order valence-corrected chi connectivity index (χ1v) is 7.94. The minimum Gasteiger partial charge on any atom is -0.497 e. The number of methoxy groups -OCH3 is 1. The molecule has 7 nitrogen and oxygen atoms in total. The van der Waals surface area contributed by atoms with Gasteiger partial charge in [-0.15, -0.1) is 0 Å². The van der Waals surface area contributed by atoms with Crippen LogP contribution in [-0.2, 0) is 6.54 Å². The summed E-state index contributed by atoms with van der Waals surface area (Å²) in [6.07, 6.45) is 1.84. The number of nitrogens with two attached hydrogens (primary N) is 1. The number of benzene rings is 1. The van der Waals surface area contributed by atoms with Crippen LogP contribution in [0.1, 0.15) is 5.69 Å². The van der Waals surface area contributed by atoms with E-state index in [0.29, 0.717) is 0 Å². The van der Waals surface area contributed by atoms with Gasteiger partial charge in [0.05, 0.1) is 26.0 Å². The largest absolute Gasteiger partial charge is 0.497 e. The molecule has 0 aliphatic carbocycles. The molecule has 0 saturated carbocycles. The van der Waals surface area contributed by atoms with Gasteiger partial charge in [-0.3, -0.25) is 5.73 Å². The number of hydrogen-bond donors (Lipinski definition) is 2. The SMILES string of the molecule is COc1ccc2[nH]c(CN3C=C4C(=NC(N)N4C)N(C)C3)cc2c1. The fourth-order valence-corrected chi connectivity index (χ4v) is 3.27. The number of aliphatic imine (C=N–C) groups is 1. The average molecular weight is 326 g/mol. The molecule has 24 heavy (non-hydrogen) atoms. The molecule has 3 N–H and O–H groups in total. The van der Waals surface area contributed by atoms with E-state index in [1.54, 1.807) is 7.11 Å². The molecule has 3 heterocycles. The van der Waals surface area contributed by atoms with Crippen molar-refractivity contribution in [1.82, 2.24) is 19.7 Å². The van der Waals surface area contributed by atoms with Gasteiger partial charge in [-0.2, -0.15) is 0 Å². The van der Waals surface area contributed by atoms with Gasteiger partial charge >= 0.3 is 0 Å². The van der Waals surface area contributed by atoms with E-state index >= 15 is 0 Å². The van der Waals surface area contributed by atoms with Crippen molar-refractivity contribution < 1.29 is 4.74 Å². The second-order valence-corrected chi connectivity index (χ2v) is 6.33. The minimum atomic E-state index is -0.297. The van der Waals surface area contributed by atoms with E-state index in [-0.39, 0.29) is 6.29 Å². The van der Waals surface area contributed by atoms with Gasteiger partial charge in [-0.05, 0) is 24.3 Å². The van der Waals surface area contributed by atoms with Gasteiger partial charge in [0.1, 0.15) is 5.75 Å². The Morgan fingerprint density at radius 2 is 2.17 bits per heavy atom. The number of likely N-dealkylation sites (N-methyl/N-ethyl adjacent to an activating group) is 2. The number of aromatic nitrogens is 1. The molecule has 0 fully saturated rings. The third kappa shape index (κ3) is 2.37. The Labute approximate surface area is 141 Å². The van der Waals surface area contributed by atoms with Gasteiger partial charge < -0.3 is 24.4 Å². The van der Waals surface area contributed by atoms with Crippen LogP contribution in [0.2, 0.25) is 0 Å². The maximum absolute atomic E-state index is 6.01. The summed E-state index contributed by atoms with van der Waals surface area (Å²) in [5.41, 5.74) is 9.35. The molecular formula is C17H22N6O. The van der Waals surface area contributed by atoms with E-state index in [1.807, 2.05) is 37.2 Å². The number of nitrogens with one attached hydrogen (secondary N) is 1. The van der Waals surface area contributed by atoms with Crippen molar-refractivity contribution in [2.45, 2.75) is 12.8 Å². The second-order valence-electron chi connectivity index (χ2n) is 6.33. The van der Waals surface area contributed by atoms with Crippen LogP contribution in [0.3, 0.4) is 0 Å². The van der Waals surface area contributed by atoms with Crippen molar-refractivity contribution in [1.29, 1.82) is 0 Å². The first-order valence-electron chi connectivity index (χ1n) is 7.94. The topological polar surface area (TPSA) is 73.1 Å². The molecule has 1 unspecified atom stereocenters. The summed E-state index contributed by atoms with van der Waals surface area (Å²) in [6.45, 7) is 1.57. The molecule has 2 aromatic rings. The Hall–Kier alpha value is -2.67. The Balaban J connectivity index is 1.59. The van der Waals surface area contributed by atoms with Crippen molar-refractivity contribution >= 4 is 16.7 Å². The van der Waals surface area contributed by atoms with E-state index < -0.39 is 0 Å². The van der Waals surface area contributed by atoms with Crippen LogP contribution in [0.5, 0.6) is 5.75 Å². The molecule has 0 radical (unpaired) electrons. The zero-order chi connectivity index (χ0) is 16.8. The molecule has 0 bridgehead atoms. The molecule has 4 rings (SSSR count). The molecule has 0 amide bonds. The van der Waals surface area contributed by atoms with E-state index in [1.165, 1.54) is 0 Å². The third-order valence-corrected chi connectivity index (χ3v) is 4.58. The van der Waals surface area contributed by atoms with Crippen molar-refractivity contribution in [3.8, 4) is 5.75 Å². The fourth-order valence-electron chi connectivity index (χ4n) is 3.27. The van der Waals surface area contributed by atoms with Gasteiger partial charge in [-0.1, -0.05) is 0 Å². The quantitative estimate of drug-likeness (QED) is 0.890. The van der Waals surface area contributed by atoms with Crippen LogP contribution in [0.4, 0.5) is 0 Å². The predicted octanol–water partition coefficient (Wildman–Crippen LogP) is 1.31. The van der Waals surface area contributed by atoms with E-state index in [4.69, 9.17) is 10.5 Å². The lowest BCUT2D eigenvalue weighted by Crippen LogP contribution is -2.43. The smallest absolute Gasteiger partial charge is 0.176 e. The monoisotopic (exact) mass is 326 g/mol. The summed E-state index contributed by atoms with van der Waals surface area (Å²) in [7, 11) is 5.70. The molecule has 2 aliphatic heterocycles. The Kier molecular flexibility index (Phi) is 3.38. The Morgan fingerprint density at radius 3 is 2.96 bits per heavy atom. The van der Waals surface area contributed by atoms with Crippen LogP contribution < -0.4 is 10.5 Å². The summed E-state index contributed by atoms with van der Waals surface area (Å²) in [4.78, 5) is 14.4. The van der Waals surface area contributed by atoms with Crippen molar-refractivity contribution in [2.24, 2.45) is 10.7 Å². The first-order chi connectivity index (χ1) is 11.5. The number of ether oxygens (including phenoxy) is 1. The highest BCUT2D eigenvalue weighted by molar-refractivity contribution is 5.99. The molecular weight excluding hydrogens is 304 g/mol. The van der Waals surface area contributed by atoms with Gasteiger partial charge in [0, 0.05) is 36.9 Å². The second kappa shape index (κ2) is 5.45. The molecule has 126 valence electrons. The lowest BCUT2D eigenvalue weighted by molar-refractivity contribution is 0.242. The van der Waals surface area contributed by atoms with Gasteiger partial charge in [0.15, 0.2) is 12.1 Å². The van der Waals surface area contributed by atoms with Crippen molar-refractivity contribution in [3.05, 3.63) is 41.9 Å². The Bertz CT molecular complexity index is 839. The fraction of sp³-hybridized carbons (Fsp3) is 0.353. The highest BCUT2D eigenvalue weighted by Gasteiger charge is 2.31. The summed E-state index contributed by atoms with van der Waals surface area (Å²) in [6, 6.07) is 8.23. The maximum Gasteiger partial charge on any atom is 0.176 e. The lowest BCUT2D eigenvalue weighted by atomic mass is 10.2. The third-order valence-electron chi connectivity index (χ3n) is 4.58. The van der Waals surface area contributed by atoms with Crippen LogP contribution in [0.25, 0.3) is 10.9 Å². The van der Waals surface area contributed by atoms with Gasteiger partial charge in [0.25, 0.3) is 0 Å². The number of hydrogen-bond acceptors (Lipinski definition) is 6. The van der Waals surface area contributed by atoms with Crippen molar-refractivity contribution in [2.75, 3.05) is 27.9 Å². The molecule has 2 aliphatic rings. The first kappa shape index (κ1) is 14.9. The predicted molar refractivity (Wildman–Crippen MR) is 94.3 cm³/mol. The number of rotatable bonds is 3. The zero-order valence-corrected chi connectivity index (χ0v) is 14.2. The Morgan fingerprint density at radius 1 is 1.33 bits per heavy atom. The van der Waals surface area contributed by atoms with Gasteiger partial charge in [-0.25, -0.2) is 4.99 Å². The minimum absolute atomic E-state index is 0.297. The molecule has 1 atom stereocenters. The molecule has 0 spiro atoms. The zero-order valence-electron chi connectivity index (χ0n) is 14.2. The summed E-state index contributed by atoms with van der Waals surface area (Å²) in [5.74, 6) is 1.83. The van der Waals surface area contributed by atoms with Crippen LogP contribution in [0, 0.1) is 0 Å². The van der Waals surface area contributed by atoms with Crippen LogP contribution in [-0.4, -0.2) is 59.7 Å². The summed E-state index contributed by atoms with van der Waals surface area (Å²) >= 11 is 0. The number of aromatic amines is 1. The number of H-pyrrole nitrogens is 1.